The van der Waals surface area contributed by atoms with Gasteiger partial charge in [-0.3, -0.25) is 4.79 Å². The SMILES string of the molecule is COCCCC(CNC(=O)NCCC(=O)O)c1ccc(Cl)cc1. The van der Waals surface area contributed by atoms with E-state index in [1.54, 1.807) is 7.11 Å². The number of nitrogens with one attached hydrogen (secondary N) is 2. The molecule has 0 saturated heterocycles. The minimum Gasteiger partial charge on any atom is -0.481 e. The normalized spacial score (nSPS) is 11.7. The molecule has 0 aliphatic heterocycles. The molecule has 0 saturated carbocycles. The molecule has 0 aliphatic rings. The lowest BCUT2D eigenvalue weighted by atomic mass is 9.94. The molecule has 0 heterocycles. The van der Waals surface area contributed by atoms with Gasteiger partial charge >= 0.3 is 12.0 Å². The van der Waals surface area contributed by atoms with Crippen molar-refractivity contribution < 1.29 is 19.4 Å². The molecule has 2 amide bonds. The van der Waals surface area contributed by atoms with Crippen LogP contribution in [-0.2, 0) is 9.53 Å². The fourth-order valence-corrected chi connectivity index (χ4v) is 2.28. The van der Waals surface area contributed by atoms with E-state index in [2.05, 4.69) is 10.6 Å². The van der Waals surface area contributed by atoms with Gasteiger partial charge in [-0.15, -0.1) is 0 Å². The summed E-state index contributed by atoms with van der Waals surface area (Å²) >= 11 is 5.91. The van der Waals surface area contributed by atoms with Crippen molar-refractivity contribution in [1.29, 1.82) is 0 Å². The molecule has 7 heteroatoms. The zero-order valence-electron chi connectivity index (χ0n) is 13.2. The highest BCUT2D eigenvalue weighted by Gasteiger charge is 2.13. The largest absolute Gasteiger partial charge is 0.481 e. The van der Waals surface area contributed by atoms with Crippen LogP contribution in [-0.4, -0.2) is 43.9 Å². The smallest absolute Gasteiger partial charge is 0.314 e. The Morgan fingerprint density at radius 2 is 1.96 bits per heavy atom. The molecule has 1 aromatic rings. The number of ether oxygens (including phenoxy) is 1. The first-order chi connectivity index (χ1) is 11.0. The van der Waals surface area contributed by atoms with Crippen LogP contribution in [0.2, 0.25) is 5.02 Å². The standard InChI is InChI=1S/C16H23ClN2O4/c1-23-10-2-3-13(12-4-6-14(17)7-5-12)11-19-16(22)18-9-8-15(20)21/h4-7,13H,2-3,8-11H2,1H3,(H,20,21)(H2,18,19,22). The van der Waals surface area contributed by atoms with Crippen LogP contribution in [0.1, 0.15) is 30.7 Å². The van der Waals surface area contributed by atoms with E-state index in [4.69, 9.17) is 21.4 Å². The predicted molar refractivity (Wildman–Crippen MR) is 89.0 cm³/mol. The Bertz CT molecular complexity index is 493. The van der Waals surface area contributed by atoms with Crippen molar-refractivity contribution in [2.45, 2.75) is 25.2 Å². The first-order valence-corrected chi connectivity index (χ1v) is 7.88. The van der Waals surface area contributed by atoms with E-state index in [-0.39, 0.29) is 24.9 Å². The van der Waals surface area contributed by atoms with Crippen molar-refractivity contribution in [3.8, 4) is 0 Å². The van der Waals surface area contributed by atoms with E-state index in [0.29, 0.717) is 18.2 Å². The summed E-state index contributed by atoms with van der Waals surface area (Å²) in [4.78, 5) is 22.1. The average Bonchev–Trinajstić information content (AvgIpc) is 2.51. The zero-order valence-corrected chi connectivity index (χ0v) is 13.9. The first kappa shape index (κ1) is 19.3. The van der Waals surface area contributed by atoms with Crippen molar-refractivity contribution >= 4 is 23.6 Å². The predicted octanol–water partition coefficient (Wildman–Crippen LogP) is 2.62. The molecule has 1 aromatic carbocycles. The van der Waals surface area contributed by atoms with Gasteiger partial charge in [0.25, 0.3) is 0 Å². The van der Waals surface area contributed by atoms with Crippen LogP contribution < -0.4 is 10.6 Å². The minimum atomic E-state index is -0.941. The molecule has 1 atom stereocenters. The van der Waals surface area contributed by atoms with Gasteiger partial charge in [-0.05, 0) is 30.5 Å². The fourth-order valence-electron chi connectivity index (χ4n) is 2.16. The number of halogens is 1. The third-order valence-electron chi connectivity index (χ3n) is 3.38. The molecule has 0 bridgehead atoms. The van der Waals surface area contributed by atoms with E-state index in [9.17, 15) is 9.59 Å². The van der Waals surface area contributed by atoms with E-state index >= 15 is 0 Å². The van der Waals surface area contributed by atoms with Gasteiger partial charge in [-0.25, -0.2) is 4.79 Å². The first-order valence-electron chi connectivity index (χ1n) is 7.50. The molecule has 23 heavy (non-hydrogen) atoms. The van der Waals surface area contributed by atoms with Crippen molar-refractivity contribution in [1.82, 2.24) is 10.6 Å². The molecule has 0 fully saturated rings. The highest BCUT2D eigenvalue weighted by atomic mass is 35.5. The van der Waals surface area contributed by atoms with E-state index in [1.165, 1.54) is 0 Å². The molecule has 6 nitrogen and oxygen atoms in total. The van der Waals surface area contributed by atoms with Crippen LogP contribution in [0.5, 0.6) is 0 Å². The molecule has 3 N–H and O–H groups in total. The number of carboxylic acids is 1. The minimum absolute atomic E-state index is 0.0954. The summed E-state index contributed by atoms with van der Waals surface area (Å²) in [6.45, 7) is 1.23. The second-order valence-electron chi connectivity index (χ2n) is 5.16. The van der Waals surface area contributed by atoms with E-state index in [0.717, 1.165) is 18.4 Å². The number of carbonyl (C=O) groups excluding carboxylic acids is 1. The number of benzene rings is 1. The maximum Gasteiger partial charge on any atom is 0.314 e. The molecule has 0 spiro atoms. The Hall–Kier alpha value is -1.79. The third kappa shape index (κ3) is 8.42. The van der Waals surface area contributed by atoms with Gasteiger partial charge in [0.2, 0.25) is 0 Å². The Morgan fingerprint density at radius 3 is 2.57 bits per heavy atom. The number of aliphatic carboxylic acids is 1. The lowest BCUT2D eigenvalue weighted by Crippen LogP contribution is -2.38. The van der Waals surface area contributed by atoms with Crippen molar-refractivity contribution in [2.75, 3.05) is 26.8 Å². The molecular formula is C16H23ClN2O4. The van der Waals surface area contributed by atoms with Gasteiger partial charge < -0.3 is 20.5 Å². The monoisotopic (exact) mass is 342 g/mol. The topological polar surface area (TPSA) is 87.7 Å². The lowest BCUT2D eigenvalue weighted by Gasteiger charge is -2.18. The molecule has 0 aromatic heterocycles. The summed E-state index contributed by atoms with van der Waals surface area (Å²) in [6.07, 6.45) is 1.65. The zero-order chi connectivity index (χ0) is 17.1. The maximum atomic E-state index is 11.7. The quantitative estimate of drug-likeness (QED) is 0.570. The van der Waals surface area contributed by atoms with Crippen LogP contribution in [0.4, 0.5) is 4.79 Å². The van der Waals surface area contributed by atoms with Crippen molar-refractivity contribution in [2.24, 2.45) is 0 Å². The lowest BCUT2D eigenvalue weighted by molar-refractivity contribution is -0.136. The molecule has 0 radical (unpaired) electrons. The number of rotatable bonds is 10. The Morgan fingerprint density at radius 1 is 1.26 bits per heavy atom. The number of carboxylic acid groups (broad SMARTS) is 1. The van der Waals surface area contributed by atoms with Crippen molar-refractivity contribution in [3.63, 3.8) is 0 Å². The van der Waals surface area contributed by atoms with Crippen LogP contribution in [0, 0.1) is 0 Å². The third-order valence-corrected chi connectivity index (χ3v) is 3.63. The summed E-state index contributed by atoms with van der Waals surface area (Å²) in [7, 11) is 1.66. The summed E-state index contributed by atoms with van der Waals surface area (Å²) in [5.74, 6) is -0.795. The Balaban J connectivity index is 2.50. The molecule has 0 aliphatic carbocycles. The summed E-state index contributed by atoms with van der Waals surface area (Å²) < 4.78 is 5.07. The van der Waals surface area contributed by atoms with Gasteiger partial charge in [-0.1, -0.05) is 23.7 Å². The second kappa shape index (κ2) is 10.9. The van der Waals surface area contributed by atoms with Gasteiger partial charge in [0.1, 0.15) is 0 Å². The van der Waals surface area contributed by atoms with Crippen LogP contribution in [0.3, 0.4) is 0 Å². The van der Waals surface area contributed by atoms with Crippen LogP contribution >= 0.6 is 11.6 Å². The Labute approximate surface area is 141 Å². The summed E-state index contributed by atoms with van der Waals surface area (Å²) in [5, 5.41) is 14.5. The van der Waals surface area contributed by atoms with Crippen molar-refractivity contribution in [3.05, 3.63) is 34.9 Å². The number of amides is 2. The van der Waals surface area contributed by atoms with E-state index < -0.39 is 5.97 Å². The van der Waals surface area contributed by atoms with Gasteiger partial charge in [-0.2, -0.15) is 0 Å². The maximum absolute atomic E-state index is 11.7. The number of hydrogen-bond donors (Lipinski definition) is 3. The van der Waals surface area contributed by atoms with Gasteiger partial charge in [0, 0.05) is 37.7 Å². The highest BCUT2D eigenvalue weighted by molar-refractivity contribution is 6.30. The molecule has 1 unspecified atom stereocenters. The highest BCUT2D eigenvalue weighted by Crippen LogP contribution is 2.22. The number of hydrogen-bond acceptors (Lipinski definition) is 3. The van der Waals surface area contributed by atoms with Crippen LogP contribution in [0.15, 0.2) is 24.3 Å². The summed E-state index contributed by atoms with van der Waals surface area (Å²) in [5.41, 5.74) is 1.09. The molecule has 1 rings (SSSR count). The Kier molecular flexibility index (Phi) is 9.09. The average molecular weight is 343 g/mol. The van der Waals surface area contributed by atoms with Gasteiger partial charge in [0.15, 0.2) is 0 Å². The van der Waals surface area contributed by atoms with E-state index in [1.807, 2.05) is 24.3 Å². The number of urea groups is 1. The number of carbonyl (C=O) groups is 2. The summed E-state index contributed by atoms with van der Waals surface area (Å²) in [6, 6.07) is 7.19. The number of methoxy groups -OCH3 is 1. The fraction of sp³-hybridized carbons (Fsp3) is 0.500. The second-order valence-corrected chi connectivity index (χ2v) is 5.60. The van der Waals surface area contributed by atoms with Crippen LogP contribution in [0.25, 0.3) is 0 Å². The molecular weight excluding hydrogens is 320 g/mol. The molecule has 128 valence electrons. The van der Waals surface area contributed by atoms with Gasteiger partial charge in [0.05, 0.1) is 6.42 Å².